The van der Waals surface area contributed by atoms with Crippen LogP contribution in [0.15, 0.2) is 12.7 Å². The molecule has 3 heteroatoms. The second-order valence-corrected chi connectivity index (χ2v) is 4.52. The molecule has 0 bridgehead atoms. The van der Waals surface area contributed by atoms with E-state index in [9.17, 15) is 0 Å². The van der Waals surface area contributed by atoms with E-state index in [1.54, 1.807) is 0 Å². The largest absolute Gasteiger partial charge is 0.376 e. The van der Waals surface area contributed by atoms with E-state index < -0.39 is 0 Å². The molecule has 1 saturated heterocycles. The third-order valence-electron chi connectivity index (χ3n) is 1.93. The Bertz CT molecular complexity index is 110. The molecule has 0 aromatic carbocycles. The summed E-state index contributed by atoms with van der Waals surface area (Å²) in [6, 6.07) is 0. The topological polar surface area (TPSA) is 9.23 Å². The molecule has 1 unspecified atom stereocenters. The van der Waals surface area contributed by atoms with Crippen LogP contribution in [0.3, 0.4) is 0 Å². The van der Waals surface area contributed by atoms with Crippen molar-refractivity contribution in [1.29, 1.82) is 0 Å². The van der Waals surface area contributed by atoms with Crippen molar-refractivity contribution in [3.05, 3.63) is 12.7 Å². The molecule has 0 aromatic heterocycles. The van der Waals surface area contributed by atoms with Crippen LogP contribution in [0.25, 0.3) is 0 Å². The van der Waals surface area contributed by atoms with Gasteiger partial charge < -0.3 is 4.74 Å². The Hall–Kier alpha value is 0.579. The van der Waals surface area contributed by atoms with Crippen molar-refractivity contribution in [2.24, 2.45) is 0 Å². The average Bonchev–Trinajstić information content (AvgIpc) is 1.90. The van der Waals surface area contributed by atoms with Gasteiger partial charge >= 0.3 is 0 Å². The van der Waals surface area contributed by atoms with Crippen LogP contribution in [0.2, 0.25) is 0 Å². The van der Waals surface area contributed by atoms with Crippen molar-refractivity contribution in [2.45, 2.75) is 24.5 Å². The summed E-state index contributed by atoms with van der Waals surface area (Å²) in [7, 11) is 1.09. The normalized spacial score (nSPS) is 32.8. The molecule has 0 aromatic rings. The predicted octanol–water partition coefficient (Wildman–Crippen LogP) is 0.432. The molecule has 1 atom stereocenters. The fourth-order valence-electron chi connectivity index (χ4n) is 1.12. The quantitative estimate of drug-likeness (QED) is 0.483. The van der Waals surface area contributed by atoms with E-state index in [2.05, 4.69) is 6.58 Å². The number of ether oxygens (including phenoxy) is 1. The van der Waals surface area contributed by atoms with E-state index in [-0.39, 0.29) is 25.6 Å². The summed E-state index contributed by atoms with van der Waals surface area (Å²) in [6.07, 6.45) is 5.72. The van der Waals surface area contributed by atoms with E-state index in [0.717, 1.165) is 16.8 Å². The zero-order valence-corrected chi connectivity index (χ0v) is 9.89. The molecular weight excluding hydrogens is 235 g/mol. The first kappa shape index (κ1) is 10.6. The van der Waals surface area contributed by atoms with Gasteiger partial charge in [0.1, 0.15) is 0 Å². The fourth-order valence-corrected chi connectivity index (χ4v) is 1.67. The molecule has 1 aliphatic rings. The third kappa shape index (κ3) is 2.67. The molecule has 1 rings (SSSR count). The van der Waals surface area contributed by atoms with E-state index in [1.807, 2.05) is 6.08 Å². The summed E-state index contributed by atoms with van der Waals surface area (Å²) in [5, 5.41) is 0.123. The minimum Gasteiger partial charge on any atom is -0.376 e. The van der Waals surface area contributed by atoms with Gasteiger partial charge in [0, 0.05) is 37.3 Å². The molecule has 1 nitrogen and oxygen atoms in total. The van der Waals surface area contributed by atoms with E-state index in [4.69, 9.17) is 4.74 Å². The van der Waals surface area contributed by atoms with Crippen LogP contribution in [-0.4, -0.2) is 22.1 Å². The summed E-state index contributed by atoms with van der Waals surface area (Å²) < 4.78 is 5.56. The van der Waals surface area contributed by atoms with Crippen molar-refractivity contribution >= 4 is 10.2 Å². The first-order valence-corrected chi connectivity index (χ1v) is 4.54. The molecule has 10 heavy (non-hydrogen) atoms. The summed E-state index contributed by atoms with van der Waals surface area (Å²) in [5.74, 6) is 0. The average molecular weight is 249 g/mol. The number of hydrogen-bond donors (Lipinski definition) is 0. The summed E-state index contributed by atoms with van der Waals surface area (Å²) in [4.78, 5) is 0. The van der Waals surface area contributed by atoms with Gasteiger partial charge in [-0.2, -0.15) is 0 Å². The SMILES string of the molecule is C=CC1([SiH3])CCCCO1.[Pd]. The van der Waals surface area contributed by atoms with Crippen LogP contribution >= 0.6 is 0 Å². The second kappa shape index (κ2) is 4.46. The molecular formula is C7H14OPdSi. The summed E-state index contributed by atoms with van der Waals surface area (Å²) in [5.41, 5.74) is 0. The molecule has 0 aliphatic carbocycles. The zero-order valence-electron chi connectivity index (χ0n) is 6.34. The van der Waals surface area contributed by atoms with E-state index in [0.29, 0.717) is 0 Å². The van der Waals surface area contributed by atoms with Gasteiger partial charge in [0.25, 0.3) is 0 Å². The smallest absolute Gasteiger partial charge is 0.0653 e. The van der Waals surface area contributed by atoms with Gasteiger partial charge in [-0.1, -0.05) is 6.08 Å². The molecule has 0 N–H and O–H groups in total. The maximum Gasteiger partial charge on any atom is 0.0653 e. The van der Waals surface area contributed by atoms with Crippen LogP contribution in [-0.2, 0) is 25.2 Å². The maximum atomic E-state index is 5.56. The Morgan fingerprint density at radius 3 is 2.50 bits per heavy atom. The molecule has 1 aliphatic heterocycles. The molecule has 0 radical (unpaired) electrons. The van der Waals surface area contributed by atoms with Crippen molar-refractivity contribution in [2.75, 3.05) is 6.61 Å². The first-order valence-electron chi connectivity index (χ1n) is 3.54. The van der Waals surface area contributed by atoms with Crippen LogP contribution < -0.4 is 0 Å². The van der Waals surface area contributed by atoms with Gasteiger partial charge in [-0.05, 0) is 19.3 Å². The zero-order chi connectivity index (χ0) is 6.74. The molecule has 1 fully saturated rings. The molecule has 0 amide bonds. The molecule has 62 valence electrons. The maximum absolute atomic E-state index is 5.56. The molecule has 0 saturated carbocycles. The predicted molar refractivity (Wildman–Crippen MR) is 42.7 cm³/mol. The van der Waals surface area contributed by atoms with Crippen LogP contribution in [0, 0.1) is 0 Å². The minimum absolute atomic E-state index is 0. The van der Waals surface area contributed by atoms with E-state index >= 15 is 0 Å². The Balaban J connectivity index is 0.000000810. The van der Waals surface area contributed by atoms with Crippen molar-refractivity contribution in [3.63, 3.8) is 0 Å². The Morgan fingerprint density at radius 2 is 2.20 bits per heavy atom. The molecule has 1 heterocycles. The van der Waals surface area contributed by atoms with Crippen molar-refractivity contribution in [1.82, 2.24) is 0 Å². The monoisotopic (exact) mass is 248 g/mol. The number of hydrogen-bond acceptors (Lipinski definition) is 1. The third-order valence-corrected chi connectivity index (χ3v) is 3.13. The van der Waals surface area contributed by atoms with Crippen LogP contribution in [0.1, 0.15) is 19.3 Å². The van der Waals surface area contributed by atoms with Crippen LogP contribution in [0.4, 0.5) is 0 Å². The second-order valence-electron chi connectivity index (χ2n) is 2.82. The summed E-state index contributed by atoms with van der Waals surface area (Å²) >= 11 is 0. The molecule has 0 spiro atoms. The van der Waals surface area contributed by atoms with Crippen LogP contribution in [0.5, 0.6) is 0 Å². The fraction of sp³-hybridized carbons (Fsp3) is 0.714. The van der Waals surface area contributed by atoms with Crippen molar-refractivity contribution < 1.29 is 25.2 Å². The van der Waals surface area contributed by atoms with Gasteiger partial charge in [0.15, 0.2) is 0 Å². The van der Waals surface area contributed by atoms with E-state index in [1.165, 1.54) is 19.3 Å². The number of rotatable bonds is 1. The minimum atomic E-state index is 0. The van der Waals surface area contributed by atoms with Gasteiger partial charge in [-0.15, -0.1) is 6.58 Å². The standard InChI is InChI=1S/C7H14OSi.Pd/c1-2-7(9)5-3-4-6-8-7;/h2H,1,3-6H2,9H3;. The Morgan fingerprint density at radius 1 is 1.50 bits per heavy atom. The summed E-state index contributed by atoms with van der Waals surface area (Å²) in [6.45, 7) is 4.71. The Kier molecular flexibility index (Phi) is 4.71. The van der Waals surface area contributed by atoms with Gasteiger partial charge in [0.05, 0.1) is 5.22 Å². The van der Waals surface area contributed by atoms with Gasteiger partial charge in [0.2, 0.25) is 0 Å². The van der Waals surface area contributed by atoms with Gasteiger partial charge in [-0.25, -0.2) is 0 Å². The van der Waals surface area contributed by atoms with Gasteiger partial charge in [-0.3, -0.25) is 0 Å². The first-order chi connectivity index (χ1) is 4.27. The Labute approximate surface area is 79.3 Å². The van der Waals surface area contributed by atoms with Crippen molar-refractivity contribution in [3.8, 4) is 0 Å².